The molecule has 0 aliphatic carbocycles. The number of ether oxygens (including phenoxy) is 2. The van der Waals surface area contributed by atoms with E-state index in [2.05, 4.69) is 4.90 Å². The third-order valence-corrected chi connectivity index (χ3v) is 9.39. The molecule has 0 saturated carbocycles. The summed E-state index contributed by atoms with van der Waals surface area (Å²) in [7, 11) is 0. The quantitative estimate of drug-likeness (QED) is 0.327. The molecule has 1 aromatic carbocycles. The van der Waals surface area contributed by atoms with Crippen molar-refractivity contribution in [1.82, 2.24) is 19.6 Å². The highest BCUT2D eigenvalue weighted by Crippen LogP contribution is 2.53. The Bertz CT molecular complexity index is 1200. The van der Waals surface area contributed by atoms with E-state index in [1.165, 1.54) is 0 Å². The molecule has 3 saturated heterocycles. The van der Waals surface area contributed by atoms with Crippen LogP contribution in [0.25, 0.3) is 0 Å². The van der Waals surface area contributed by atoms with Crippen LogP contribution in [0.5, 0.6) is 0 Å². The highest BCUT2D eigenvalue weighted by Gasteiger charge is 2.71. The maximum absolute atomic E-state index is 14.4. The number of morpholine rings is 1. The van der Waals surface area contributed by atoms with E-state index in [1.807, 2.05) is 59.5 Å². The zero-order chi connectivity index (χ0) is 29.1. The lowest BCUT2D eigenvalue weighted by Crippen LogP contribution is -2.56. The molecule has 10 nitrogen and oxygen atoms in total. The summed E-state index contributed by atoms with van der Waals surface area (Å²) >= 11 is 0. The number of carbonyl (C=O) groups is 3. The molecule has 1 aromatic rings. The van der Waals surface area contributed by atoms with E-state index in [1.54, 1.807) is 9.80 Å². The van der Waals surface area contributed by atoms with Crippen LogP contribution in [0.4, 0.5) is 0 Å². The normalized spacial score (nSPS) is 31.3. The van der Waals surface area contributed by atoms with Gasteiger partial charge in [-0.3, -0.25) is 19.3 Å². The largest absolute Gasteiger partial charge is 0.396 e. The molecular formula is C32H42N4O6. The predicted molar refractivity (Wildman–Crippen MR) is 155 cm³/mol. The van der Waals surface area contributed by atoms with Crippen molar-refractivity contribution in [2.75, 3.05) is 65.6 Å². The summed E-state index contributed by atoms with van der Waals surface area (Å²) in [5.41, 5.74) is -0.183. The molecule has 3 amide bonds. The number of amides is 3. The van der Waals surface area contributed by atoms with Crippen molar-refractivity contribution in [2.24, 2.45) is 11.8 Å². The van der Waals surface area contributed by atoms with Crippen LogP contribution in [-0.2, 0) is 30.4 Å². The molecule has 0 bridgehead atoms. The van der Waals surface area contributed by atoms with Crippen molar-refractivity contribution in [3.63, 3.8) is 0 Å². The first kappa shape index (κ1) is 29.0. The number of fused-ring (bicyclic) bond motifs is 2. The average molecular weight is 579 g/mol. The number of aliphatic hydroxyl groups is 1. The van der Waals surface area contributed by atoms with Crippen molar-refractivity contribution >= 4 is 17.7 Å². The van der Waals surface area contributed by atoms with Crippen molar-refractivity contribution < 1.29 is 29.0 Å². The van der Waals surface area contributed by atoms with Crippen LogP contribution in [0.15, 0.2) is 54.6 Å². The first-order valence-electron chi connectivity index (χ1n) is 15.4. The number of nitrogens with zero attached hydrogens (tertiary/aromatic N) is 4. The van der Waals surface area contributed by atoms with Crippen LogP contribution in [0.3, 0.4) is 0 Å². The monoisotopic (exact) mass is 578 g/mol. The second-order valence-corrected chi connectivity index (χ2v) is 11.9. The minimum atomic E-state index is -1.20. The standard InChI is InChI=1S/C32H42N4O6/c37-20-6-2-5-15-36-28-31(40)34(17-16-33-18-21-41-22-19-33)14-8-12-32(28)27(30(36)39)26-25(42-32)11-7-13-35(29(26)38)23-24-9-3-1-4-10-24/h1,3-4,7-12,25-28,37H,2,5-6,13-23H2/t25-,26+,27+,28?,32+/m1/s1. The van der Waals surface area contributed by atoms with Gasteiger partial charge < -0.3 is 29.3 Å². The summed E-state index contributed by atoms with van der Waals surface area (Å²) in [6, 6.07) is 9.02. The predicted octanol–water partition coefficient (Wildman–Crippen LogP) is 1.06. The first-order valence-corrected chi connectivity index (χ1v) is 15.4. The summed E-state index contributed by atoms with van der Waals surface area (Å²) < 4.78 is 12.2. The lowest BCUT2D eigenvalue weighted by Gasteiger charge is -2.36. The molecule has 1 N–H and O–H groups in total. The summed E-state index contributed by atoms with van der Waals surface area (Å²) in [6.07, 6.45) is 9.20. The molecule has 42 heavy (non-hydrogen) atoms. The molecule has 1 spiro atoms. The number of likely N-dealkylation sites (tertiary alicyclic amines) is 1. The van der Waals surface area contributed by atoms with Gasteiger partial charge >= 0.3 is 0 Å². The van der Waals surface area contributed by atoms with Gasteiger partial charge in [0.1, 0.15) is 11.6 Å². The third kappa shape index (κ3) is 5.41. The number of hydrogen-bond acceptors (Lipinski definition) is 7. The molecule has 5 atom stereocenters. The Balaban J connectivity index is 1.29. The fourth-order valence-electron chi connectivity index (χ4n) is 7.28. The molecule has 1 unspecified atom stereocenters. The zero-order valence-corrected chi connectivity index (χ0v) is 24.2. The molecule has 5 heterocycles. The summed E-state index contributed by atoms with van der Waals surface area (Å²) in [4.78, 5) is 50.5. The number of hydrogen-bond donors (Lipinski definition) is 1. The van der Waals surface area contributed by atoms with E-state index in [9.17, 15) is 19.5 Å². The van der Waals surface area contributed by atoms with Gasteiger partial charge in [-0.1, -0.05) is 54.6 Å². The van der Waals surface area contributed by atoms with E-state index in [-0.39, 0.29) is 24.3 Å². The van der Waals surface area contributed by atoms with Gasteiger partial charge in [0.2, 0.25) is 17.7 Å². The smallest absolute Gasteiger partial charge is 0.249 e. The van der Waals surface area contributed by atoms with Crippen LogP contribution in [0.1, 0.15) is 24.8 Å². The van der Waals surface area contributed by atoms with Gasteiger partial charge in [-0.15, -0.1) is 0 Å². The van der Waals surface area contributed by atoms with Gasteiger partial charge in [0.15, 0.2) is 0 Å². The first-order chi connectivity index (χ1) is 20.5. The fraction of sp³-hybridized carbons (Fsp3) is 0.594. The third-order valence-electron chi connectivity index (χ3n) is 9.39. The van der Waals surface area contributed by atoms with Crippen molar-refractivity contribution in [3.05, 3.63) is 60.2 Å². The summed E-state index contributed by atoms with van der Waals surface area (Å²) in [5.74, 6) is -1.91. The van der Waals surface area contributed by atoms with Gasteiger partial charge in [0.05, 0.1) is 31.2 Å². The van der Waals surface area contributed by atoms with Crippen molar-refractivity contribution in [3.8, 4) is 0 Å². The van der Waals surface area contributed by atoms with Crippen LogP contribution in [-0.4, -0.2) is 126 Å². The Hall–Kier alpha value is -3.05. The lowest BCUT2D eigenvalue weighted by atomic mass is 9.77. The van der Waals surface area contributed by atoms with E-state index in [0.717, 1.165) is 31.6 Å². The molecular weight excluding hydrogens is 536 g/mol. The maximum atomic E-state index is 14.4. The Labute approximate surface area is 247 Å². The zero-order valence-electron chi connectivity index (χ0n) is 24.2. The number of rotatable bonds is 10. The van der Waals surface area contributed by atoms with E-state index in [4.69, 9.17) is 9.47 Å². The Morgan fingerprint density at radius 1 is 0.857 bits per heavy atom. The SMILES string of the molecule is O=C1C2N(CCCCCO)C(=O)[C@@H]3[C@H]4C(=O)N(Cc5ccccc5)CC=C[C@H]4O[C@]23C=CCN1CCN1CCOCC1. The fourth-order valence-corrected chi connectivity index (χ4v) is 7.28. The van der Waals surface area contributed by atoms with Gasteiger partial charge in [-0.05, 0) is 24.8 Å². The van der Waals surface area contributed by atoms with Gasteiger partial charge in [-0.25, -0.2) is 0 Å². The Kier molecular flexibility index (Phi) is 8.76. The minimum Gasteiger partial charge on any atom is -0.396 e. The number of carbonyl (C=O) groups excluding carboxylic acids is 3. The highest BCUT2D eigenvalue weighted by molar-refractivity contribution is 5.99. The number of benzene rings is 1. The van der Waals surface area contributed by atoms with Crippen LogP contribution in [0, 0.1) is 11.8 Å². The van der Waals surface area contributed by atoms with Crippen molar-refractivity contribution in [1.29, 1.82) is 0 Å². The van der Waals surface area contributed by atoms with Gasteiger partial charge in [0, 0.05) is 59.0 Å². The maximum Gasteiger partial charge on any atom is 0.249 e. The molecule has 226 valence electrons. The minimum absolute atomic E-state index is 0.0892. The van der Waals surface area contributed by atoms with E-state index in [0.29, 0.717) is 58.8 Å². The molecule has 6 rings (SSSR count). The molecule has 0 radical (unpaired) electrons. The average Bonchev–Trinajstić information content (AvgIpc) is 3.33. The lowest BCUT2D eigenvalue weighted by molar-refractivity contribution is -0.148. The highest BCUT2D eigenvalue weighted by atomic mass is 16.5. The number of aliphatic hydroxyl groups excluding tert-OH is 1. The van der Waals surface area contributed by atoms with E-state index >= 15 is 0 Å². The Morgan fingerprint density at radius 2 is 1.64 bits per heavy atom. The van der Waals surface area contributed by atoms with Crippen LogP contribution in [0.2, 0.25) is 0 Å². The molecule has 3 fully saturated rings. The van der Waals surface area contributed by atoms with Gasteiger partial charge in [-0.2, -0.15) is 0 Å². The van der Waals surface area contributed by atoms with E-state index < -0.39 is 29.6 Å². The number of unbranched alkanes of at least 4 members (excludes halogenated alkanes) is 2. The van der Waals surface area contributed by atoms with Crippen LogP contribution < -0.4 is 0 Å². The molecule has 5 aliphatic heterocycles. The molecule has 5 aliphatic rings. The van der Waals surface area contributed by atoms with Gasteiger partial charge in [0.25, 0.3) is 0 Å². The van der Waals surface area contributed by atoms with Crippen molar-refractivity contribution in [2.45, 2.75) is 43.6 Å². The topological polar surface area (TPSA) is 103 Å². The van der Waals surface area contributed by atoms with Crippen LogP contribution >= 0.6 is 0 Å². The Morgan fingerprint density at radius 3 is 2.43 bits per heavy atom. The molecule has 10 heteroatoms. The second-order valence-electron chi connectivity index (χ2n) is 11.9. The molecule has 0 aromatic heterocycles. The summed E-state index contributed by atoms with van der Waals surface area (Å²) in [6.45, 7) is 6.13. The second kappa shape index (κ2) is 12.7. The summed E-state index contributed by atoms with van der Waals surface area (Å²) in [5, 5.41) is 9.29.